The zero-order valence-corrected chi connectivity index (χ0v) is 12.8. The van der Waals surface area contributed by atoms with E-state index < -0.39 is 30.8 Å². The van der Waals surface area contributed by atoms with Crippen LogP contribution in [-0.4, -0.2) is 54.4 Å². The molecule has 2 amide bonds. The molecule has 0 radical (unpaired) electrons. The Labute approximate surface area is 135 Å². The standard InChI is InChI=1S/C14H16F3N3O4/c1-23-11-4-5-18-7-9(11)19-12(21)10-3-2-6-20(10)13(22)24-8-14(15,16)17/h4-5,7,10H,2-3,6,8H2,1H3,(H,19,21). The Kier molecular flexibility index (Phi) is 5.47. The Morgan fingerprint density at radius 2 is 2.21 bits per heavy atom. The van der Waals surface area contributed by atoms with Crippen molar-refractivity contribution in [3.05, 3.63) is 18.5 Å². The van der Waals surface area contributed by atoms with E-state index in [1.165, 1.54) is 19.5 Å². The molecule has 1 aromatic heterocycles. The second-order valence-electron chi connectivity index (χ2n) is 5.09. The number of carbonyl (C=O) groups is 2. The van der Waals surface area contributed by atoms with Crippen LogP contribution in [0.3, 0.4) is 0 Å². The van der Waals surface area contributed by atoms with Crippen LogP contribution in [-0.2, 0) is 9.53 Å². The van der Waals surface area contributed by atoms with Crippen LogP contribution in [0.1, 0.15) is 12.8 Å². The van der Waals surface area contributed by atoms with Crippen molar-refractivity contribution in [2.45, 2.75) is 25.1 Å². The lowest BCUT2D eigenvalue weighted by atomic mass is 10.2. The summed E-state index contributed by atoms with van der Waals surface area (Å²) in [5.74, 6) is -0.162. The highest BCUT2D eigenvalue weighted by atomic mass is 19.4. The van der Waals surface area contributed by atoms with Crippen molar-refractivity contribution in [1.29, 1.82) is 0 Å². The molecule has 0 bridgehead atoms. The van der Waals surface area contributed by atoms with Gasteiger partial charge in [0.2, 0.25) is 5.91 Å². The monoisotopic (exact) mass is 347 g/mol. The Morgan fingerprint density at radius 3 is 2.88 bits per heavy atom. The summed E-state index contributed by atoms with van der Waals surface area (Å²) in [6, 6.07) is 0.634. The number of alkyl halides is 3. The SMILES string of the molecule is COc1ccncc1NC(=O)C1CCCN1C(=O)OCC(F)(F)F. The van der Waals surface area contributed by atoms with Gasteiger partial charge in [-0.1, -0.05) is 0 Å². The van der Waals surface area contributed by atoms with Gasteiger partial charge in [-0.3, -0.25) is 14.7 Å². The maximum Gasteiger partial charge on any atom is 0.422 e. The van der Waals surface area contributed by atoms with Crippen molar-refractivity contribution in [3.8, 4) is 5.75 Å². The van der Waals surface area contributed by atoms with Crippen molar-refractivity contribution in [3.63, 3.8) is 0 Å². The van der Waals surface area contributed by atoms with Crippen LogP contribution in [0.5, 0.6) is 5.75 Å². The average molecular weight is 347 g/mol. The molecule has 2 heterocycles. The second-order valence-corrected chi connectivity index (χ2v) is 5.09. The van der Waals surface area contributed by atoms with E-state index in [9.17, 15) is 22.8 Å². The molecular formula is C14H16F3N3O4. The number of pyridine rings is 1. The largest absolute Gasteiger partial charge is 0.494 e. The van der Waals surface area contributed by atoms with Crippen molar-refractivity contribution in [1.82, 2.24) is 9.88 Å². The van der Waals surface area contributed by atoms with E-state index in [0.717, 1.165) is 4.90 Å². The Bertz CT molecular complexity index is 609. The molecule has 0 saturated carbocycles. The number of hydrogen-bond donors (Lipinski definition) is 1. The molecule has 1 aliphatic rings. The first-order valence-corrected chi connectivity index (χ1v) is 7.11. The predicted molar refractivity (Wildman–Crippen MR) is 76.5 cm³/mol. The number of aromatic nitrogens is 1. The summed E-state index contributed by atoms with van der Waals surface area (Å²) in [6.07, 6.45) is -2.11. The van der Waals surface area contributed by atoms with Gasteiger partial charge in [-0.2, -0.15) is 13.2 Å². The number of rotatable bonds is 4. The summed E-state index contributed by atoms with van der Waals surface area (Å²) in [7, 11) is 1.42. The van der Waals surface area contributed by atoms with Gasteiger partial charge >= 0.3 is 12.3 Å². The number of carbonyl (C=O) groups excluding carboxylic acids is 2. The number of anilines is 1. The number of ether oxygens (including phenoxy) is 2. The molecular weight excluding hydrogens is 331 g/mol. The van der Waals surface area contributed by atoms with Crippen LogP contribution in [0.25, 0.3) is 0 Å². The normalized spacial score (nSPS) is 17.5. The molecule has 0 aliphatic carbocycles. The molecule has 132 valence electrons. The molecule has 0 aromatic carbocycles. The molecule has 24 heavy (non-hydrogen) atoms. The van der Waals surface area contributed by atoms with Crippen LogP contribution in [0, 0.1) is 0 Å². The minimum atomic E-state index is -4.61. The van der Waals surface area contributed by atoms with Crippen molar-refractivity contribution in [2.75, 3.05) is 25.6 Å². The highest BCUT2D eigenvalue weighted by molar-refractivity contribution is 5.97. The lowest BCUT2D eigenvalue weighted by Gasteiger charge is -2.23. The summed E-state index contributed by atoms with van der Waals surface area (Å²) in [6.45, 7) is -1.54. The predicted octanol–water partition coefficient (Wildman–Crippen LogP) is 2.19. The van der Waals surface area contributed by atoms with E-state index in [-0.39, 0.29) is 6.54 Å². The van der Waals surface area contributed by atoms with E-state index in [4.69, 9.17) is 4.74 Å². The van der Waals surface area contributed by atoms with Crippen molar-refractivity contribution >= 4 is 17.7 Å². The first kappa shape index (κ1) is 17.8. The number of nitrogens with zero attached hydrogens (tertiary/aromatic N) is 2. The lowest BCUT2D eigenvalue weighted by molar-refractivity contribution is -0.162. The second kappa shape index (κ2) is 7.37. The molecule has 1 saturated heterocycles. The van der Waals surface area contributed by atoms with Gasteiger partial charge in [0.25, 0.3) is 0 Å². The van der Waals surface area contributed by atoms with Gasteiger partial charge in [0.05, 0.1) is 13.3 Å². The minimum Gasteiger partial charge on any atom is -0.494 e. The summed E-state index contributed by atoms with van der Waals surface area (Å²) < 4.78 is 45.7. The minimum absolute atomic E-state index is 0.152. The highest BCUT2D eigenvalue weighted by Gasteiger charge is 2.37. The summed E-state index contributed by atoms with van der Waals surface area (Å²) in [5, 5.41) is 2.56. The molecule has 1 fully saturated rings. The van der Waals surface area contributed by atoms with E-state index in [1.54, 1.807) is 6.07 Å². The van der Waals surface area contributed by atoms with Crippen LogP contribution >= 0.6 is 0 Å². The first-order chi connectivity index (χ1) is 11.3. The van der Waals surface area contributed by atoms with Crippen LogP contribution < -0.4 is 10.1 Å². The molecule has 1 aliphatic heterocycles. The molecule has 1 atom stereocenters. The molecule has 7 nitrogen and oxygen atoms in total. The number of nitrogens with one attached hydrogen (secondary N) is 1. The molecule has 0 spiro atoms. The Morgan fingerprint density at radius 1 is 1.46 bits per heavy atom. The smallest absolute Gasteiger partial charge is 0.422 e. The zero-order chi connectivity index (χ0) is 17.7. The van der Waals surface area contributed by atoms with E-state index in [0.29, 0.717) is 24.3 Å². The topological polar surface area (TPSA) is 80.8 Å². The third-order valence-electron chi connectivity index (χ3n) is 3.41. The fourth-order valence-electron chi connectivity index (χ4n) is 2.35. The first-order valence-electron chi connectivity index (χ1n) is 7.11. The molecule has 2 rings (SSSR count). The van der Waals surface area contributed by atoms with Crippen molar-refractivity contribution in [2.24, 2.45) is 0 Å². The number of methoxy groups -OCH3 is 1. The quantitative estimate of drug-likeness (QED) is 0.903. The van der Waals surface area contributed by atoms with Gasteiger partial charge in [-0.25, -0.2) is 4.79 Å². The zero-order valence-electron chi connectivity index (χ0n) is 12.8. The van der Waals surface area contributed by atoms with Gasteiger partial charge in [0.1, 0.15) is 17.5 Å². The fraction of sp³-hybridized carbons (Fsp3) is 0.500. The van der Waals surface area contributed by atoms with E-state index in [2.05, 4.69) is 15.0 Å². The number of likely N-dealkylation sites (tertiary alicyclic amines) is 1. The maximum atomic E-state index is 12.3. The maximum absolute atomic E-state index is 12.3. The van der Waals surface area contributed by atoms with Gasteiger partial charge in [-0.05, 0) is 12.8 Å². The van der Waals surface area contributed by atoms with Gasteiger partial charge < -0.3 is 14.8 Å². The average Bonchev–Trinajstić information content (AvgIpc) is 3.02. The molecule has 1 N–H and O–H groups in total. The summed E-state index contributed by atoms with van der Waals surface area (Å²) >= 11 is 0. The number of halogens is 3. The highest BCUT2D eigenvalue weighted by Crippen LogP contribution is 2.25. The van der Waals surface area contributed by atoms with E-state index in [1.807, 2.05) is 0 Å². The van der Waals surface area contributed by atoms with Gasteiger partial charge in [0, 0.05) is 18.8 Å². The number of amides is 2. The fourth-order valence-corrected chi connectivity index (χ4v) is 2.35. The van der Waals surface area contributed by atoms with Crippen LogP contribution in [0.2, 0.25) is 0 Å². The van der Waals surface area contributed by atoms with E-state index >= 15 is 0 Å². The summed E-state index contributed by atoms with van der Waals surface area (Å²) in [4.78, 5) is 29.0. The molecule has 10 heteroatoms. The molecule has 1 unspecified atom stereocenters. The van der Waals surface area contributed by atoms with Gasteiger partial charge in [0.15, 0.2) is 6.61 Å². The van der Waals surface area contributed by atoms with Crippen LogP contribution in [0.4, 0.5) is 23.7 Å². The third kappa shape index (κ3) is 4.49. The Hall–Kier alpha value is -2.52. The molecule has 1 aromatic rings. The van der Waals surface area contributed by atoms with Gasteiger partial charge in [-0.15, -0.1) is 0 Å². The third-order valence-corrected chi connectivity index (χ3v) is 3.41. The van der Waals surface area contributed by atoms with Crippen molar-refractivity contribution < 1.29 is 32.2 Å². The van der Waals surface area contributed by atoms with Crippen LogP contribution in [0.15, 0.2) is 18.5 Å². The number of hydrogen-bond acceptors (Lipinski definition) is 5. The summed E-state index contributed by atoms with van der Waals surface area (Å²) in [5.41, 5.74) is 0.306. The Balaban J connectivity index is 2.01. The lowest BCUT2D eigenvalue weighted by Crippen LogP contribution is -2.44.